The van der Waals surface area contributed by atoms with Gasteiger partial charge in [0, 0.05) is 12.2 Å². The Morgan fingerprint density at radius 2 is 1.91 bits per heavy atom. The number of ether oxygens (including phenoxy) is 1. The number of nitrogens with zero attached hydrogens (tertiary/aromatic N) is 7. The largest absolute Gasteiger partial charge is 0.477 e. The highest BCUT2D eigenvalue weighted by atomic mass is 16.5. The quantitative estimate of drug-likeness (QED) is 0.378. The van der Waals surface area contributed by atoms with Gasteiger partial charge in [0.05, 0.1) is 41.5 Å². The predicted octanol–water partition coefficient (Wildman–Crippen LogP) is 4.74. The molecule has 9 nitrogen and oxygen atoms in total. The Labute approximate surface area is 197 Å². The first kappa shape index (κ1) is 21.8. The van der Waals surface area contributed by atoms with E-state index in [9.17, 15) is 0 Å². The maximum absolute atomic E-state index is 5.79. The van der Waals surface area contributed by atoms with Gasteiger partial charge in [-0.15, -0.1) is 0 Å². The monoisotopic (exact) mass is 456 g/mol. The Balaban J connectivity index is 1.64. The van der Waals surface area contributed by atoms with Crippen LogP contribution in [0.1, 0.15) is 44.0 Å². The molecule has 9 heteroatoms. The Kier molecular flexibility index (Phi) is 5.61. The lowest BCUT2D eigenvalue weighted by molar-refractivity contribution is 0.328. The number of hydrogen-bond acceptors (Lipinski definition) is 7. The van der Waals surface area contributed by atoms with Crippen LogP contribution in [0.15, 0.2) is 42.6 Å². The van der Waals surface area contributed by atoms with E-state index < -0.39 is 0 Å². The molecule has 0 bridgehead atoms. The molecule has 0 unspecified atom stereocenters. The van der Waals surface area contributed by atoms with Crippen molar-refractivity contribution < 1.29 is 4.74 Å². The van der Waals surface area contributed by atoms with Gasteiger partial charge in [-0.1, -0.05) is 6.07 Å². The molecule has 5 rings (SSSR count). The lowest BCUT2D eigenvalue weighted by atomic mass is 10.1. The summed E-state index contributed by atoms with van der Waals surface area (Å²) in [6.45, 7) is 11.2. The van der Waals surface area contributed by atoms with Crippen LogP contribution in [0, 0.1) is 13.8 Å². The molecule has 0 spiro atoms. The van der Waals surface area contributed by atoms with Crippen molar-refractivity contribution in [1.29, 1.82) is 0 Å². The number of pyridine rings is 3. The molecule has 5 heterocycles. The molecule has 5 aromatic rings. The van der Waals surface area contributed by atoms with Crippen molar-refractivity contribution in [1.82, 2.24) is 34.3 Å². The smallest absolute Gasteiger partial charge is 0.222 e. The maximum Gasteiger partial charge on any atom is 0.222 e. The first-order valence-electron chi connectivity index (χ1n) is 11.5. The van der Waals surface area contributed by atoms with Crippen molar-refractivity contribution in [3.05, 3.63) is 59.8 Å². The minimum absolute atomic E-state index is 0.183. The summed E-state index contributed by atoms with van der Waals surface area (Å²) in [6, 6.07) is 12.1. The molecule has 0 atom stereocenters. The summed E-state index contributed by atoms with van der Waals surface area (Å²) < 4.78 is 9.69. The summed E-state index contributed by atoms with van der Waals surface area (Å²) in [7, 11) is 0. The molecule has 1 N–H and O–H groups in total. The molecular formula is C25H28N8O. The fourth-order valence-corrected chi connectivity index (χ4v) is 4.15. The van der Waals surface area contributed by atoms with E-state index in [2.05, 4.69) is 40.3 Å². The van der Waals surface area contributed by atoms with Crippen molar-refractivity contribution in [3.8, 4) is 17.1 Å². The fraction of sp³-hybridized carbons (Fsp3) is 0.320. The molecule has 0 aromatic carbocycles. The van der Waals surface area contributed by atoms with E-state index in [0.29, 0.717) is 19.0 Å². The lowest BCUT2D eigenvalue weighted by Gasteiger charge is -2.15. The highest BCUT2D eigenvalue weighted by Gasteiger charge is 2.19. The third-order valence-electron chi connectivity index (χ3n) is 5.64. The molecule has 0 aliphatic carbocycles. The molecule has 0 amide bonds. The van der Waals surface area contributed by atoms with Gasteiger partial charge in [-0.25, -0.2) is 19.5 Å². The Morgan fingerprint density at radius 3 is 2.71 bits per heavy atom. The van der Waals surface area contributed by atoms with E-state index in [-0.39, 0.29) is 6.04 Å². The topological polar surface area (TPSA) is 95.1 Å². The molecule has 0 saturated carbocycles. The van der Waals surface area contributed by atoms with Gasteiger partial charge in [-0.2, -0.15) is 10.2 Å². The van der Waals surface area contributed by atoms with Crippen LogP contribution in [0.25, 0.3) is 27.9 Å². The second kappa shape index (κ2) is 8.74. The number of anilines is 1. The van der Waals surface area contributed by atoms with Crippen LogP contribution in [0.2, 0.25) is 0 Å². The zero-order valence-electron chi connectivity index (χ0n) is 20.1. The number of hydrogen-bond donors (Lipinski definition) is 1. The fourth-order valence-electron chi connectivity index (χ4n) is 4.15. The molecule has 0 aliphatic heterocycles. The minimum Gasteiger partial charge on any atom is -0.477 e. The van der Waals surface area contributed by atoms with E-state index in [1.807, 2.05) is 60.3 Å². The third kappa shape index (κ3) is 3.83. The van der Waals surface area contributed by atoms with E-state index >= 15 is 0 Å². The van der Waals surface area contributed by atoms with Crippen LogP contribution in [0.5, 0.6) is 5.88 Å². The minimum atomic E-state index is 0.183. The summed E-state index contributed by atoms with van der Waals surface area (Å²) >= 11 is 0. The van der Waals surface area contributed by atoms with Crippen LogP contribution in [-0.4, -0.2) is 41.0 Å². The van der Waals surface area contributed by atoms with Crippen LogP contribution >= 0.6 is 0 Å². The molecule has 5 aromatic heterocycles. The van der Waals surface area contributed by atoms with Gasteiger partial charge in [-0.3, -0.25) is 4.68 Å². The SMILES string of the molecule is CCOc1ncccc1-c1cc(NCc2cccc3nc(C)nn23)c2c(n1)c(C)nn2C(C)C. The van der Waals surface area contributed by atoms with Gasteiger partial charge in [0.2, 0.25) is 5.88 Å². The van der Waals surface area contributed by atoms with Crippen LogP contribution in [-0.2, 0) is 6.54 Å². The Hall–Kier alpha value is -4.01. The zero-order chi connectivity index (χ0) is 23.8. The van der Waals surface area contributed by atoms with Crippen LogP contribution in [0.4, 0.5) is 5.69 Å². The molecule has 0 radical (unpaired) electrons. The molecule has 174 valence electrons. The van der Waals surface area contributed by atoms with Gasteiger partial charge in [0.25, 0.3) is 0 Å². The van der Waals surface area contributed by atoms with Crippen molar-refractivity contribution in [2.45, 2.75) is 47.2 Å². The summed E-state index contributed by atoms with van der Waals surface area (Å²) in [6.07, 6.45) is 1.73. The zero-order valence-corrected chi connectivity index (χ0v) is 20.1. The van der Waals surface area contributed by atoms with E-state index in [4.69, 9.17) is 14.8 Å². The highest BCUT2D eigenvalue weighted by Crippen LogP contribution is 2.34. The summed E-state index contributed by atoms with van der Waals surface area (Å²) in [5.74, 6) is 1.31. The average Bonchev–Trinajstić information content (AvgIpc) is 3.37. The molecule has 0 fully saturated rings. The number of rotatable bonds is 7. The summed E-state index contributed by atoms with van der Waals surface area (Å²) in [4.78, 5) is 13.9. The van der Waals surface area contributed by atoms with Gasteiger partial charge in [0.15, 0.2) is 5.65 Å². The normalized spacial score (nSPS) is 11.6. The second-order valence-corrected chi connectivity index (χ2v) is 8.46. The molecule has 0 aliphatic rings. The van der Waals surface area contributed by atoms with Crippen LogP contribution < -0.4 is 10.1 Å². The molecular weight excluding hydrogens is 428 g/mol. The van der Waals surface area contributed by atoms with E-state index in [1.165, 1.54) is 0 Å². The summed E-state index contributed by atoms with van der Waals surface area (Å²) in [5.41, 5.74) is 7.12. The van der Waals surface area contributed by atoms with Crippen molar-refractivity contribution >= 4 is 22.4 Å². The van der Waals surface area contributed by atoms with Crippen molar-refractivity contribution in [2.24, 2.45) is 0 Å². The van der Waals surface area contributed by atoms with E-state index in [1.54, 1.807) is 6.20 Å². The van der Waals surface area contributed by atoms with Crippen LogP contribution in [0.3, 0.4) is 0 Å². The number of fused-ring (bicyclic) bond motifs is 2. The summed E-state index contributed by atoms with van der Waals surface area (Å²) in [5, 5.41) is 13.0. The van der Waals surface area contributed by atoms with E-state index in [0.717, 1.165) is 50.8 Å². The average molecular weight is 457 g/mol. The molecule has 0 saturated heterocycles. The Bertz CT molecular complexity index is 1480. The number of aromatic nitrogens is 7. The number of aryl methyl sites for hydroxylation is 2. The second-order valence-electron chi connectivity index (χ2n) is 8.46. The lowest BCUT2D eigenvalue weighted by Crippen LogP contribution is -2.09. The first-order chi connectivity index (χ1) is 16.5. The standard InChI is InChI=1S/C25H28N8O/c1-6-34-25-19(10-8-12-26-25)20-13-21(24-23(29-20)16(4)30-32(24)15(2)3)27-14-18-9-7-11-22-28-17(5)31-33(18)22/h7-13,15H,6,14H2,1-5H3,(H,27,29). The first-order valence-corrected chi connectivity index (χ1v) is 11.5. The van der Waals surface area contributed by atoms with Crippen molar-refractivity contribution in [2.75, 3.05) is 11.9 Å². The van der Waals surface area contributed by atoms with Gasteiger partial charge < -0.3 is 10.1 Å². The van der Waals surface area contributed by atoms with Crippen molar-refractivity contribution in [3.63, 3.8) is 0 Å². The number of nitrogens with one attached hydrogen (secondary N) is 1. The molecule has 34 heavy (non-hydrogen) atoms. The van der Waals surface area contributed by atoms with Gasteiger partial charge >= 0.3 is 0 Å². The van der Waals surface area contributed by atoms with Gasteiger partial charge in [0.1, 0.15) is 16.9 Å². The predicted molar refractivity (Wildman–Crippen MR) is 132 cm³/mol. The highest BCUT2D eigenvalue weighted by molar-refractivity contribution is 5.93. The van der Waals surface area contributed by atoms with Gasteiger partial charge in [-0.05, 0) is 65.0 Å². The third-order valence-corrected chi connectivity index (χ3v) is 5.64. The Morgan fingerprint density at radius 1 is 1.06 bits per heavy atom. The maximum atomic E-state index is 5.79.